The summed E-state index contributed by atoms with van der Waals surface area (Å²) < 4.78 is 57.5. The molecule has 0 bridgehead atoms. The van der Waals surface area contributed by atoms with Gasteiger partial charge in [0.15, 0.2) is 0 Å². The largest absolute Gasteiger partial charge is 0.490 e. The van der Waals surface area contributed by atoms with Gasteiger partial charge in [-0.05, 0) is 43.4 Å². The number of phosphoric acid groups is 3. The van der Waals surface area contributed by atoms with Gasteiger partial charge in [0, 0.05) is 7.11 Å². The van der Waals surface area contributed by atoms with Gasteiger partial charge < -0.3 is 19.4 Å². The predicted molar refractivity (Wildman–Crippen MR) is 119 cm³/mol. The van der Waals surface area contributed by atoms with Crippen molar-refractivity contribution in [1.82, 2.24) is 0 Å². The van der Waals surface area contributed by atoms with Gasteiger partial charge in [-0.1, -0.05) is 51.4 Å². The van der Waals surface area contributed by atoms with Crippen LogP contribution in [0.1, 0.15) is 77.0 Å². The summed E-state index contributed by atoms with van der Waals surface area (Å²) in [5.41, 5.74) is 0. The average molecular weight is 534 g/mol. The van der Waals surface area contributed by atoms with Crippen molar-refractivity contribution in [2.24, 2.45) is 17.8 Å². The number of phosphoric ester groups is 2. The fourth-order valence-electron chi connectivity index (χ4n) is 5.25. The van der Waals surface area contributed by atoms with Crippen LogP contribution in [0.4, 0.5) is 0 Å². The third-order valence-electron chi connectivity index (χ3n) is 7.01. The molecule has 0 aromatic rings. The number of hydrogen-bond donors (Lipinski definition) is 3. The second kappa shape index (κ2) is 12.1. The Kier molecular flexibility index (Phi) is 10.2. The molecule has 0 aromatic carbocycles. The van der Waals surface area contributed by atoms with Crippen LogP contribution in [-0.4, -0.2) is 40.6 Å². The van der Waals surface area contributed by atoms with Crippen LogP contribution in [-0.2, 0) is 36.1 Å². The first-order valence-electron chi connectivity index (χ1n) is 11.8. The van der Waals surface area contributed by atoms with E-state index in [1.54, 1.807) is 0 Å². The normalized spacial score (nSPS) is 35.3. The number of hydrogen-bond acceptors (Lipinski definition) is 8. The number of ether oxygens (including phenoxy) is 1. The Balaban J connectivity index is 1.38. The Morgan fingerprint density at radius 1 is 0.727 bits per heavy atom. The molecule has 3 unspecified atom stereocenters. The highest BCUT2D eigenvalue weighted by Gasteiger charge is 2.44. The summed E-state index contributed by atoms with van der Waals surface area (Å²) in [5, 5.41) is 0. The van der Waals surface area contributed by atoms with Gasteiger partial charge in [0.05, 0.1) is 18.8 Å². The summed E-state index contributed by atoms with van der Waals surface area (Å²) in [6.45, 7) is -0.315. The van der Waals surface area contributed by atoms with Crippen LogP contribution in [0.3, 0.4) is 0 Å². The molecule has 0 spiro atoms. The predicted octanol–water partition coefficient (Wildman–Crippen LogP) is 5.31. The maximum absolute atomic E-state index is 12.0. The molecule has 0 amide bonds. The fourth-order valence-corrected chi connectivity index (χ4v) is 8.53. The molecule has 2 aliphatic carbocycles. The molecule has 1 heterocycles. The molecule has 5 atom stereocenters. The summed E-state index contributed by atoms with van der Waals surface area (Å²) in [6.07, 6.45) is 14.2. The lowest BCUT2D eigenvalue weighted by Crippen LogP contribution is -2.37. The Bertz CT molecular complexity index is 762. The SMILES string of the molecule is COP(=O)(O)OP(=O)(O)OP(=O)(O)OC[C@@H]1CC[C@H](C2CC(C3CCCCCCCC3)C2)O1. The van der Waals surface area contributed by atoms with Gasteiger partial charge in [0.2, 0.25) is 0 Å². The Labute approximate surface area is 195 Å². The maximum atomic E-state index is 12.0. The van der Waals surface area contributed by atoms with E-state index in [2.05, 4.69) is 13.1 Å². The molecule has 0 radical (unpaired) electrons. The van der Waals surface area contributed by atoms with E-state index < -0.39 is 29.6 Å². The van der Waals surface area contributed by atoms with Gasteiger partial charge in [-0.25, -0.2) is 13.7 Å². The van der Waals surface area contributed by atoms with E-state index in [1.807, 2.05) is 0 Å². The van der Waals surface area contributed by atoms with Gasteiger partial charge in [-0.3, -0.25) is 9.05 Å². The van der Waals surface area contributed by atoms with Crippen LogP contribution in [0.15, 0.2) is 0 Å². The van der Waals surface area contributed by atoms with Gasteiger partial charge in [-0.2, -0.15) is 8.62 Å². The molecular formula is C19H37O11P3. The van der Waals surface area contributed by atoms with Crippen LogP contribution in [0, 0.1) is 17.8 Å². The molecule has 1 saturated heterocycles. The highest BCUT2D eigenvalue weighted by atomic mass is 31.3. The van der Waals surface area contributed by atoms with Gasteiger partial charge in [-0.15, -0.1) is 0 Å². The van der Waals surface area contributed by atoms with Gasteiger partial charge in [0.1, 0.15) is 0 Å². The monoisotopic (exact) mass is 534 g/mol. The lowest BCUT2D eigenvalue weighted by molar-refractivity contribution is -0.0553. The quantitative estimate of drug-likeness (QED) is 0.312. The van der Waals surface area contributed by atoms with Gasteiger partial charge >= 0.3 is 23.5 Å². The van der Waals surface area contributed by atoms with Crippen molar-refractivity contribution in [3.05, 3.63) is 0 Å². The van der Waals surface area contributed by atoms with Crippen molar-refractivity contribution in [1.29, 1.82) is 0 Å². The molecule has 14 heteroatoms. The van der Waals surface area contributed by atoms with E-state index in [4.69, 9.17) is 14.2 Å². The van der Waals surface area contributed by atoms with E-state index >= 15 is 0 Å². The van der Waals surface area contributed by atoms with Crippen molar-refractivity contribution < 1.29 is 50.8 Å². The molecule has 0 aromatic heterocycles. The lowest BCUT2D eigenvalue weighted by Gasteiger charge is -2.43. The minimum Gasteiger partial charge on any atom is -0.372 e. The Hall–Kier alpha value is 0.370. The third kappa shape index (κ3) is 9.07. The van der Waals surface area contributed by atoms with Crippen LogP contribution in [0.25, 0.3) is 0 Å². The van der Waals surface area contributed by atoms with Crippen LogP contribution < -0.4 is 0 Å². The smallest absolute Gasteiger partial charge is 0.372 e. The molecular weight excluding hydrogens is 497 g/mol. The maximum Gasteiger partial charge on any atom is 0.490 e. The molecule has 33 heavy (non-hydrogen) atoms. The molecule has 1 aliphatic heterocycles. The summed E-state index contributed by atoms with van der Waals surface area (Å²) in [4.78, 5) is 28.2. The lowest BCUT2D eigenvalue weighted by atomic mass is 9.64. The molecule has 2 saturated carbocycles. The Morgan fingerprint density at radius 2 is 1.30 bits per heavy atom. The zero-order valence-electron chi connectivity index (χ0n) is 19.0. The van der Waals surface area contributed by atoms with Crippen LogP contribution >= 0.6 is 23.5 Å². The first-order valence-corrected chi connectivity index (χ1v) is 16.2. The molecule has 3 rings (SSSR count). The van der Waals surface area contributed by atoms with E-state index in [9.17, 15) is 23.5 Å². The van der Waals surface area contributed by atoms with Crippen molar-refractivity contribution in [2.45, 2.75) is 89.3 Å². The highest BCUT2D eigenvalue weighted by Crippen LogP contribution is 2.67. The van der Waals surface area contributed by atoms with Crippen molar-refractivity contribution in [2.75, 3.05) is 13.7 Å². The van der Waals surface area contributed by atoms with E-state index in [1.165, 1.54) is 51.4 Å². The second-order valence-corrected chi connectivity index (χ2v) is 14.1. The average Bonchev–Trinajstić information content (AvgIpc) is 3.17. The van der Waals surface area contributed by atoms with E-state index in [0.717, 1.165) is 38.2 Å². The second-order valence-electron chi connectivity index (χ2n) is 9.37. The number of rotatable bonds is 10. The molecule has 194 valence electrons. The summed E-state index contributed by atoms with van der Waals surface area (Å²) in [7, 11) is -14.6. The van der Waals surface area contributed by atoms with Crippen LogP contribution in [0.2, 0.25) is 0 Å². The topological polar surface area (TPSA) is 158 Å². The third-order valence-corrected chi connectivity index (χ3v) is 11.2. The highest BCUT2D eigenvalue weighted by molar-refractivity contribution is 7.66. The Morgan fingerprint density at radius 3 is 1.91 bits per heavy atom. The molecule has 3 N–H and O–H groups in total. The standard InChI is InChI=1S/C19H37O11P3/c1-26-31(20,21)29-33(24,25)30-32(22,23)27-14-18-10-11-19(28-18)17-12-16(13-17)15-8-6-4-2-3-5-7-9-15/h15-19H,2-14H2,1H3,(H,20,21)(H,22,23)(H,24,25)/t16?,17?,18-,19+/m0/s1. The molecule has 11 nitrogen and oxygen atoms in total. The first kappa shape index (κ1) is 27.9. The molecule has 3 fully saturated rings. The first-order chi connectivity index (χ1) is 15.5. The van der Waals surface area contributed by atoms with Crippen molar-refractivity contribution in [3.8, 4) is 0 Å². The summed E-state index contributed by atoms with van der Waals surface area (Å²) >= 11 is 0. The summed E-state index contributed by atoms with van der Waals surface area (Å²) in [5.74, 6) is 2.08. The van der Waals surface area contributed by atoms with Crippen molar-refractivity contribution >= 4 is 23.5 Å². The summed E-state index contributed by atoms with van der Waals surface area (Å²) in [6, 6.07) is 0. The molecule has 3 aliphatic rings. The van der Waals surface area contributed by atoms with E-state index in [0.29, 0.717) is 12.3 Å². The minimum atomic E-state index is -5.38. The fraction of sp³-hybridized carbons (Fsp3) is 1.00. The van der Waals surface area contributed by atoms with E-state index in [-0.39, 0.29) is 12.7 Å². The van der Waals surface area contributed by atoms with Gasteiger partial charge in [0.25, 0.3) is 0 Å². The zero-order valence-corrected chi connectivity index (χ0v) is 21.7. The zero-order chi connectivity index (χ0) is 24.1. The van der Waals surface area contributed by atoms with Crippen molar-refractivity contribution in [3.63, 3.8) is 0 Å². The minimum absolute atomic E-state index is 0.0828. The van der Waals surface area contributed by atoms with Crippen LogP contribution in [0.5, 0.6) is 0 Å².